The van der Waals surface area contributed by atoms with E-state index in [9.17, 15) is 4.39 Å². The smallest absolute Gasteiger partial charge is 0.113 e. The third-order valence-corrected chi connectivity index (χ3v) is 2.04. The lowest BCUT2D eigenvalue weighted by Gasteiger charge is -2.10. The van der Waals surface area contributed by atoms with E-state index in [-0.39, 0.29) is 12.7 Å². The van der Waals surface area contributed by atoms with Crippen LogP contribution in [0.2, 0.25) is 0 Å². The summed E-state index contributed by atoms with van der Waals surface area (Å²) in [7, 11) is 0. The summed E-state index contributed by atoms with van der Waals surface area (Å²) in [5.74, 6) is 0. The second-order valence-corrected chi connectivity index (χ2v) is 2.88. The summed E-state index contributed by atoms with van der Waals surface area (Å²) in [5, 5.41) is 0. The van der Waals surface area contributed by atoms with Crippen molar-refractivity contribution in [3.63, 3.8) is 0 Å². The van der Waals surface area contributed by atoms with Gasteiger partial charge >= 0.3 is 0 Å². The number of hydrogen-bond donors (Lipinski definition) is 0. The van der Waals surface area contributed by atoms with E-state index in [1.807, 2.05) is 30.4 Å². The fourth-order valence-corrected chi connectivity index (χ4v) is 1.46. The van der Waals surface area contributed by atoms with E-state index in [0.717, 1.165) is 11.1 Å². The van der Waals surface area contributed by atoms with Gasteiger partial charge in [0.25, 0.3) is 0 Å². The summed E-state index contributed by atoms with van der Waals surface area (Å²) in [4.78, 5) is 0. The highest BCUT2D eigenvalue weighted by Gasteiger charge is 2.16. The molecular weight excluding hydrogens is 167 g/mol. The van der Waals surface area contributed by atoms with Gasteiger partial charge < -0.3 is 4.74 Å². The Bertz CT molecular complexity index is 320. The fraction of sp³-hybridized carbons (Fsp3) is 0.273. The van der Waals surface area contributed by atoms with Crippen molar-refractivity contribution in [1.29, 1.82) is 0 Å². The van der Waals surface area contributed by atoms with E-state index in [4.69, 9.17) is 4.74 Å². The van der Waals surface area contributed by atoms with Gasteiger partial charge in [-0.25, -0.2) is 4.39 Å². The molecule has 0 heterocycles. The zero-order valence-electron chi connectivity index (χ0n) is 7.16. The molecule has 0 N–H and O–H groups in total. The lowest BCUT2D eigenvalue weighted by molar-refractivity contribution is 0.0758. The predicted molar refractivity (Wildman–Crippen MR) is 49.0 cm³/mol. The molecule has 1 aromatic rings. The molecule has 0 amide bonds. The monoisotopic (exact) mass is 177 g/mol. The summed E-state index contributed by atoms with van der Waals surface area (Å²) in [6, 6.07) is 8.85. The number of alkyl halides is 1. The standard InChI is InChI=1S/C11H10FO/c12-7-8-13-11-6-5-9-3-1-2-4-10(9)11/h1-2,4-6,11H,7-8H2. The van der Waals surface area contributed by atoms with Gasteiger partial charge in [-0.05, 0) is 17.2 Å². The third-order valence-electron chi connectivity index (χ3n) is 2.04. The molecule has 0 saturated carbocycles. The lowest BCUT2D eigenvalue weighted by atomic mass is 10.1. The van der Waals surface area contributed by atoms with Gasteiger partial charge in [-0.1, -0.05) is 30.4 Å². The van der Waals surface area contributed by atoms with Crippen molar-refractivity contribution in [2.45, 2.75) is 6.10 Å². The Hall–Kier alpha value is -1.15. The van der Waals surface area contributed by atoms with E-state index < -0.39 is 6.67 Å². The maximum absolute atomic E-state index is 11.9. The summed E-state index contributed by atoms with van der Waals surface area (Å²) in [5.41, 5.74) is 2.13. The number of rotatable bonds is 3. The SMILES string of the molecule is FCCOC1C=Cc2[c]cccc21. The molecule has 1 radical (unpaired) electrons. The first-order chi connectivity index (χ1) is 6.42. The van der Waals surface area contributed by atoms with Crippen molar-refractivity contribution in [3.8, 4) is 0 Å². The predicted octanol–water partition coefficient (Wildman–Crippen LogP) is 2.54. The first-order valence-corrected chi connectivity index (χ1v) is 4.28. The van der Waals surface area contributed by atoms with E-state index in [2.05, 4.69) is 6.07 Å². The molecule has 0 bridgehead atoms. The van der Waals surface area contributed by atoms with Gasteiger partial charge in [0.05, 0.1) is 6.61 Å². The normalized spacial score (nSPS) is 19.0. The van der Waals surface area contributed by atoms with Crippen LogP contribution in [0.5, 0.6) is 0 Å². The minimum absolute atomic E-state index is 0.0804. The lowest BCUT2D eigenvalue weighted by Crippen LogP contribution is -2.02. The van der Waals surface area contributed by atoms with Gasteiger partial charge in [0.2, 0.25) is 0 Å². The Labute approximate surface area is 76.8 Å². The second kappa shape index (κ2) is 3.71. The molecule has 1 nitrogen and oxygen atoms in total. The molecule has 0 saturated heterocycles. The average molecular weight is 177 g/mol. The Morgan fingerprint density at radius 3 is 3.31 bits per heavy atom. The summed E-state index contributed by atoms with van der Waals surface area (Å²) in [6.45, 7) is -0.278. The van der Waals surface area contributed by atoms with Gasteiger partial charge in [0.1, 0.15) is 12.8 Å². The minimum Gasteiger partial charge on any atom is -0.367 e. The first kappa shape index (κ1) is 8.45. The Balaban J connectivity index is 2.14. The molecular formula is C11H10FO. The molecule has 1 aliphatic rings. The van der Waals surface area contributed by atoms with Crippen LogP contribution >= 0.6 is 0 Å². The molecule has 2 heteroatoms. The quantitative estimate of drug-likeness (QED) is 0.689. The molecule has 0 spiro atoms. The summed E-state index contributed by atoms with van der Waals surface area (Å²) in [6.07, 6.45) is 3.80. The molecule has 1 aromatic carbocycles. The molecule has 0 fully saturated rings. The number of halogens is 1. The zero-order chi connectivity index (χ0) is 9.10. The van der Waals surface area contributed by atoms with E-state index in [0.29, 0.717) is 0 Å². The number of hydrogen-bond acceptors (Lipinski definition) is 1. The van der Waals surface area contributed by atoms with Crippen molar-refractivity contribution in [2.75, 3.05) is 13.3 Å². The molecule has 0 aromatic heterocycles. The minimum atomic E-state index is -0.434. The van der Waals surface area contributed by atoms with Gasteiger partial charge in [-0.2, -0.15) is 0 Å². The van der Waals surface area contributed by atoms with Crippen molar-refractivity contribution in [3.05, 3.63) is 41.5 Å². The first-order valence-electron chi connectivity index (χ1n) is 4.28. The molecule has 2 rings (SSSR count). The van der Waals surface area contributed by atoms with Crippen LogP contribution < -0.4 is 0 Å². The number of benzene rings is 1. The largest absolute Gasteiger partial charge is 0.367 e. The van der Waals surface area contributed by atoms with Crippen LogP contribution in [0.1, 0.15) is 17.2 Å². The molecule has 13 heavy (non-hydrogen) atoms. The Morgan fingerprint density at radius 2 is 2.46 bits per heavy atom. The number of fused-ring (bicyclic) bond motifs is 1. The average Bonchev–Trinajstić information content (AvgIpc) is 2.58. The van der Waals surface area contributed by atoms with Crippen molar-refractivity contribution in [2.24, 2.45) is 0 Å². The van der Waals surface area contributed by atoms with E-state index in [1.165, 1.54) is 0 Å². The maximum Gasteiger partial charge on any atom is 0.113 e. The van der Waals surface area contributed by atoms with Crippen LogP contribution in [0.25, 0.3) is 6.08 Å². The molecule has 67 valence electrons. The Kier molecular flexibility index (Phi) is 2.41. The maximum atomic E-state index is 11.9. The molecule has 0 aliphatic heterocycles. The summed E-state index contributed by atoms with van der Waals surface area (Å²) >= 11 is 0. The number of ether oxygens (including phenoxy) is 1. The highest BCUT2D eigenvalue weighted by atomic mass is 19.1. The van der Waals surface area contributed by atoms with Crippen LogP contribution in [0.15, 0.2) is 24.3 Å². The molecule has 1 atom stereocenters. The summed E-state index contributed by atoms with van der Waals surface area (Å²) < 4.78 is 17.2. The van der Waals surface area contributed by atoms with Gasteiger partial charge in [0.15, 0.2) is 0 Å². The second-order valence-electron chi connectivity index (χ2n) is 2.88. The van der Waals surface area contributed by atoms with Gasteiger partial charge in [0, 0.05) is 0 Å². The molecule has 1 unspecified atom stereocenters. The topological polar surface area (TPSA) is 9.23 Å². The van der Waals surface area contributed by atoms with Gasteiger partial charge in [-0.3, -0.25) is 0 Å². The van der Waals surface area contributed by atoms with E-state index in [1.54, 1.807) is 0 Å². The van der Waals surface area contributed by atoms with Crippen LogP contribution in [0, 0.1) is 6.07 Å². The van der Waals surface area contributed by atoms with Crippen LogP contribution in [0.3, 0.4) is 0 Å². The van der Waals surface area contributed by atoms with Crippen molar-refractivity contribution >= 4 is 6.08 Å². The van der Waals surface area contributed by atoms with Crippen LogP contribution in [-0.4, -0.2) is 13.3 Å². The zero-order valence-corrected chi connectivity index (χ0v) is 7.16. The van der Waals surface area contributed by atoms with Crippen molar-refractivity contribution in [1.82, 2.24) is 0 Å². The van der Waals surface area contributed by atoms with Gasteiger partial charge in [-0.15, -0.1) is 0 Å². The molecule has 1 aliphatic carbocycles. The van der Waals surface area contributed by atoms with Crippen molar-refractivity contribution < 1.29 is 9.13 Å². The highest BCUT2D eigenvalue weighted by molar-refractivity contribution is 5.60. The Morgan fingerprint density at radius 1 is 1.54 bits per heavy atom. The van der Waals surface area contributed by atoms with Crippen LogP contribution in [0.4, 0.5) is 4.39 Å². The van der Waals surface area contributed by atoms with Crippen LogP contribution in [-0.2, 0) is 4.74 Å². The third kappa shape index (κ3) is 1.63. The highest BCUT2D eigenvalue weighted by Crippen LogP contribution is 2.29. The van der Waals surface area contributed by atoms with E-state index >= 15 is 0 Å². The fourth-order valence-electron chi connectivity index (χ4n) is 1.46.